The first-order valence-electron chi connectivity index (χ1n) is 4.60. The molecule has 13 heavy (non-hydrogen) atoms. The Morgan fingerprint density at radius 2 is 2.08 bits per heavy atom. The van der Waals surface area contributed by atoms with Gasteiger partial charge in [0.05, 0.1) is 7.11 Å². The highest BCUT2D eigenvalue weighted by molar-refractivity contribution is 5.44. The number of benzene rings is 1. The monoisotopic (exact) mass is 177 g/mol. The third-order valence-electron chi connectivity index (χ3n) is 2.83. The smallest absolute Gasteiger partial charge is 0.122 e. The molecule has 0 radical (unpaired) electrons. The minimum Gasteiger partial charge on any atom is -0.496 e. The maximum Gasteiger partial charge on any atom is 0.122 e. The van der Waals surface area contributed by atoms with Crippen LogP contribution in [0.5, 0.6) is 5.75 Å². The van der Waals surface area contributed by atoms with Crippen LogP contribution in [0.3, 0.4) is 0 Å². The van der Waals surface area contributed by atoms with Crippen LogP contribution < -0.4 is 10.5 Å². The van der Waals surface area contributed by atoms with Crippen LogP contribution in [-0.2, 0) is 5.54 Å². The molecule has 1 saturated carbocycles. The predicted molar refractivity (Wildman–Crippen MR) is 52.8 cm³/mol. The number of hydrogen-bond donors (Lipinski definition) is 1. The van der Waals surface area contributed by atoms with Gasteiger partial charge in [0.1, 0.15) is 5.75 Å². The highest BCUT2D eigenvalue weighted by Gasteiger charge is 2.41. The summed E-state index contributed by atoms with van der Waals surface area (Å²) in [7, 11) is 1.70. The second-order valence-electron chi connectivity index (χ2n) is 3.79. The molecule has 0 unspecified atom stereocenters. The molecule has 0 amide bonds. The molecule has 0 spiro atoms. The Morgan fingerprint density at radius 3 is 2.62 bits per heavy atom. The molecule has 1 aliphatic carbocycles. The van der Waals surface area contributed by atoms with E-state index in [0.717, 1.165) is 18.6 Å². The summed E-state index contributed by atoms with van der Waals surface area (Å²) >= 11 is 0. The minimum absolute atomic E-state index is 0.0569. The maximum atomic E-state index is 6.14. The molecule has 1 fully saturated rings. The summed E-state index contributed by atoms with van der Waals surface area (Å²) < 4.78 is 5.25. The number of ether oxygens (including phenoxy) is 1. The van der Waals surface area contributed by atoms with Gasteiger partial charge in [-0.1, -0.05) is 12.1 Å². The van der Waals surface area contributed by atoms with Crippen LogP contribution in [0.1, 0.15) is 24.0 Å². The van der Waals surface area contributed by atoms with Crippen molar-refractivity contribution in [1.29, 1.82) is 0 Å². The Morgan fingerprint density at radius 1 is 1.38 bits per heavy atom. The third-order valence-corrected chi connectivity index (χ3v) is 2.83. The van der Waals surface area contributed by atoms with Gasteiger partial charge in [-0.2, -0.15) is 0 Å². The number of methoxy groups -OCH3 is 1. The Balaban J connectivity index is 2.46. The molecule has 2 rings (SSSR count). The Kier molecular flexibility index (Phi) is 1.81. The molecule has 0 aliphatic heterocycles. The number of nitrogens with two attached hydrogens (primary N) is 1. The topological polar surface area (TPSA) is 35.2 Å². The number of hydrogen-bond acceptors (Lipinski definition) is 2. The molecular weight excluding hydrogens is 162 g/mol. The second kappa shape index (κ2) is 2.74. The van der Waals surface area contributed by atoms with Gasteiger partial charge in [0, 0.05) is 5.54 Å². The normalized spacial score (nSPS) is 18.4. The van der Waals surface area contributed by atoms with E-state index in [1.165, 1.54) is 11.1 Å². The molecule has 0 saturated heterocycles. The maximum absolute atomic E-state index is 6.14. The predicted octanol–water partition coefficient (Wildman–Crippen LogP) is 1.95. The Hall–Kier alpha value is -1.02. The number of rotatable bonds is 2. The molecule has 70 valence electrons. The average molecular weight is 177 g/mol. The van der Waals surface area contributed by atoms with Gasteiger partial charge in [0.2, 0.25) is 0 Å². The molecule has 1 aliphatic rings. The third kappa shape index (κ3) is 1.31. The van der Waals surface area contributed by atoms with Crippen LogP contribution in [0.2, 0.25) is 0 Å². The lowest BCUT2D eigenvalue weighted by molar-refractivity contribution is 0.410. The van der Waals surface area contributed by atoms with Gasteiger partial charge < -0.3 is 10.5 Å². The van der Waals surface area contributed by atoms with Crippen molar-refractivity contribution in [2.24, 2.45) is 5.73 Å². The van der Waals surface area contributed by atoms with E-state index in [1.807, 2.05) is 12.1 Å². The van der Waals surface area contributed by atoms with Crippen LogP contribution in [0.25, 0.3) is 0 Å². The van der Waals surface area contributed by atoms with Gasteiger partial charge in [-0.25, -0.2) is 0 Å². The van der Waals surface area contributed by atoms with Crippen LogP contribution in [0.4, 0.5) is 0 Å². The van der Waals surface area contributed by atoms with Gasteiger partial charge in [-0.05, 0) is 37.0 Å². The summed E-state index contributed by atoms with van der Waals surface area (Å²) in [5.74, 6) is 0.939. The van der Waals surface area contributed by atoms with E-state index in [-0.39, 0.29) is 5.54 Å². The van der Waals surface area contributed by atoms with E-state index in [2.05, 4.69) is 13.0 Å². The van der Waals surface area contributed by atoms with Crippen molar-refractivity contribution >= 4 is 0 Å². The van der Waals surface area contributed by atoms with Crippen LogP contribution >= 0.6 is 0 Å². The first-order valence-corrected chi connectivity index (χ1v) is 4.60. The van der Waals surface area contributed by atoms with Crippen molar-refractivity contribution in [2.45, 2.75) is 25.3 Å². The van der Waals surface area contributed by atoms with Crippen molar-refractivity contribution in [3.05, 3.63) is 29.3 Å². The van der Waals surface area contributed by atoms with Crippen LogP contribution in [-0.4, -0.2) is 7.11 Å². The molecule has 2 nitrogen and oxygen atoms in total. The van der Waals surface area contributed by atoms with E-state index in [4.69, 9.17) is 10.5 Å². The molecule has 1 aromatic rings. The van der Waals surface area contributed by atoms with Crippen molar-refractivity contribution in [3.8, 4) is 5.75 Å². The lowest BCUT2D eigenvalue weighted by Gasteiger charge is -2.15. The largest absolute Gasteiger partial charge is 0.496 e. The highest BCUT2D eigenvalue weighted by atomic mass is 16.5. The molecule has 0 heterocycles. The Bertz CT molecular complexity index is 329. The second-order valence-corrected chi connectivity index (χ2v) is 3.79. The molecule has 0 aromatic heterocycles. The van der Waals surface area contributed by atoms with E-state index < -0.39 is 0 Å². The molecule has 1 aromatic carbocycles. The van der Waals surface area contributed by atoms with Gasteiger partial charge in [-0.15, -0.1) is 0 Å². The summed E-state index contributed by atoms with van der Waals surface area (Å²) in [5.41, 5.74) is 8.51. The van der Waals surface area contributed by atoms with Gasteiger partial charge in [-0.3, -0.25) is 0 Å². The molecule has 0 atom stereocenters. The summed E-state index contributed by atoms with van der Waals surface area (Å²) in [6, 6.07) is 6.09. The van der Waals surface area contributed by atoms with Gasteiger partial charge in [0.25, 0.3) is 0 Å². The summed E-state index contributed by atoms with van der Waals surface area (Å²) in [6.07, 6.45) is 2.20. The lowest BCUT2D eigenvalue weighted by atomic mass is 9.99. The van der Waals surface area contributed by atoms with Crippen LogP contribution in [0, 0.1) is 6.92 Å². The molecular formula is C11H15NO. The van der Waals surface area contributed by atoms with Crippen molar-refractivity contribution < 1.29 is 4.74 Å². The standard InChI is InChI=1S/C11H15NO/c1-8-9(11(12)6-7-11)4-3-5-10(8)13-2/h3-5H,6-7,12H2,1-2H3. The SMILES string of the molecule is COc1cccc(C2(N)CC2)c1C. The fourth-order valence-electron chi connectivity index (χ4n) is 1.78. The zero-order valence-corrected chi connectivity index (χ0v) is 8.13. The molecule has 2 heteroatoms. The van der Waals surface area contributed by atoms with Crippen molar-refractivity contribution in [1.82, 2.24) is 0 Å². The van der Waals surface area contributed by atoms with E-state index in [9.17, 15) is 0 Å². The molecule has 2 N–H and O–H groups in total. The Labute approximate surface area is 78.7 Å². The van der Waals surface area contributed by atoms with E-state index >= 15 is 0 Å². The quantitative estimate of drug-likeness (QED) is 0.749. The van der Waals surface area contributed by atoms with E-state index in [0.29, 0.717) is 0 Å². The zero-order valence-electron chi connectivity index (χ0n) is 8.13. The van der Waals surface area contributed by atoms with Gasteiger partial charge in [0.15, 0.2) is 0 Å². The minimum atomic E-state index is -0.0569. The highest BCUT2D eigenvalue weighted by Crippen LogP contribution is 2.45. The lowest BCUT2D eigenvalue weighted by Crippen LogP contribution is -2.20. The molecule has 0 bridgehead atoms. The first-order chi connectivity index (χ1) is 6.17. The zero-order chi connectivity index (χ0) is 9.47. The van der Waals surface area contributed by atoms with Crippen LogP contribution in [0.15, 0.2) is 18.2 Å². The summed E-state index contributed by atoms with van der Waals surface area (Å²) in [6.45, 7) is 2.07. The fraction of sp³-hybridized carbons (Fsp3) is 0.455. The van der Waals surface area contributed by atoms with Gasteiger partial charge >= 0.3 is 0 Å². The van der Waals surface area contributed by atoms with Crippen molar-refractivity contribution in [3.63, 3.8) is 0 Å². The summed E-state index contributed by atoms with van der Waals surface area (Å²) in [4.78, 5) is 0. The average Bonchev–Trinajstić information content (AvgIpc) is 2.85. The van der Waals surface area contributed by atoms with E-state index in [1.54, 1.807) is 7.11 Å². The summed E-state index contributed by atoms with van der Waals surface area (Å²) in [5, 5.41) is 0. The van der Waals surface area contributed by atoms with Crippen molar-refractivity contribution in [2.75, 3.05) is 7.11 Å². The first kappa shape index (κ1) is 8.57. The fourth-order valence-corrected chi connectivity index (χ4v) is 1.78.